The van der Waals surface area contributed by atoms with Gasteiger partial charge < -0.3 is 14.4 Å². The highest BCUT2D eigenvalue weighted by Gasteiger charge is 2.27. The molecule has 25 heavy (non-hydrogen) atoms. The van der Waals surface area contributed by atoms with Crippen molar-refractivity contribution in [2.24, 2.45) is 0 Å². The first-order valence-electron chi connectivity index (χ1n) is 8.29. The number of benzene rings is 2. The number of hydrogen-bond donors (Lipinski definition) is 0. The zero-order valence-electron chi connectivity index (χ0n) is 14.4. The van der Waals surface area contributed by atoms with Gasteiger partial charge in [-0.1, -0.05) is 36.4 Å². The molecule has 0 aromatic heterocycles. The number of hydrogen-bond acceptors (Lipinski definition) is 4. The molecule has 130 valence electrons. The lowest BCUT2D eigenvalue weighted by Gasteiger charge is -2.30. The van der Waals surface area contributed by atoms with Crippen molar-refractivity contribution in [2.45, 2.75) is 26.0 Å². The number of amides is 1. The number of carbonyl (C=O) groups is 2. The predicted octanol–water partition coefficient (Wildman–Crippen LogP) is 2.83. The zero-order chi connectivity index (χ0) is 17.8. The molecule has 3 rings (SSSR count). The van der Waals surface area contributed by atoms with E-state index in [-0.39, 0.29) is 5.91 Å². The standard InChI is InChI=1S/C20H21NO4/c1-14(25-20(23)17-9-5-6-10-18(17)24-2)19(22)21-12-11-15-7-3-4-8-16(15)13-21/h3-10,14H,11-13H2,1-2H3/t14-/m1/s1. The summed E-state index contributed by atoms with van der Waals surface area (Å²) in [5.74, 6) is -0.312. The lowest BCUT2D eigenvalue weighted by atomic mass is 9.99. The number of esters is 1. The Morgan fingerprint density at radius 3 is 2.48 bits per heavy atom. The summed E-state index contributed by atoms with van der Waals surface area (Å²) >= 11 is 0. The molecule has 0 saturated carbocycles. The smallest absolute Gasteiger partial charge is 0.342 e. The van der Waals surface area contributed by atoms with Crippen molar-refractivity contribution in [2.75, 3.05) is 13.7 Å². The van der Waals surface area contributed by atoms with E-state index in [4.69, 9.17) is 9.47 Å². The maximum absolute atomic E-state index is 12.6. The number of para-hydroxylation sites is 1. The number of fused-ring (bicyclic) bond motifs is 1. The molecular formula is C20H21NO4. The van der Waals surface area contributed by atoms with Crippen LogP contribution < -0.4 is 4.74 Å². The molecule has 1 atom stereocenters. The summed E-state index contributed by atoms with van der Waals surface area (Å²) in [5.41, 5.74) is 2.73. The minimum Gasteiger partial charge on any atom is -0.496 e. The van der Waals surface area contributed by atoms with Crippen molar-refractivity contribution < 1.29 is 19.1 Å². The lowest BCUT2D eigenvalue weighted by molar-refractivity contribution is -0.140. The Bertz CT molecular complexity index is 787. The molecule has 0 fully saturated rings. The van der Waals surface area contributed by atoms with Crippen molar-refractivity contribution in [1.82, 2.24) is 4.90 Å². The summed E-state index contributed by atoms with van der Waals surface area (Å²) in [6, 6.07) is 14.9. The summed E-state index contributed by atoms with van der Waals surface area (Å²) in [6.45, 7) is 2.79. The molecule has 0 aliphatic carbocycles. The minimum absolute atomic E-state index is 0.183. The van der Waals surface area contributed by atoms with Crippen LogP contribution >= 0.6 is 0 Å². The monoisotopic (exact) mass is 339 g/mol. The molecule has 0 N–H and O–H groups in total. The molecule has 2 aromatic carbocycles. The molecule has 5 nitrogen and oxygen atoms in total. The van der Waals surface area contributed by atoms with Gasteiger partial charge in [0.05, 0.1) is 7.11 Å². The van der Waals surface area contributed by atoms with Crippen LogP contribution in [0.4, 0.5) is 0 Å². The molecule has 0 radical (unpaired) electrons. The average molecular weight is 339 g/mol. The molecule has 0 saturated heterocycles. The van der Waals surface area contributed by atoms with E-state index in [1.165, 1.54) is 12.7 Å². The van der Waals surface area contributed by atoms with E-state index < -0.39 is 12.1 Å². The van der Waals surface area contributed by atoms with Gasteiger partial charge in [0.25, 0.3) is 5.91 Å². The van der Waals surface area contributed by atoms with Gasteiger partial charge in [0.2, 0.25) is 0 Å². The highest BCUT2D eigenvalue weighted by Crippen LogP contribution is 2.21. The highest BCUT2D eigenvalue weighted by molar-refractivity contribution is 5.94. The Kier molecular flexibility index (Phi) is 5.03. The van der Waals surface area contributed by atoms with E-state index in [0.717, 1.165) is 12.0 Å². The molecule has 2 aromatic rings. The largest absolute Gasteiger partial charge is 0.496 e. The van der Waals surface area contributed by atoms with Gasteiger partial charge in [0.15, 0.2) is 6.10 Å². The van der Waals surface area contributed by atoms with E-state index >= 15 is 0 Å². The Hall–Kier alpha value is -2.82. The summed E-state index contributed by atoms with van der Waals surface area (Å²) in [5, 5.41) is 0. The quantitative estimate of drug-likeness (QED) is 0.804. The van der Waals surface area contributed by atoms with Gasteiger partial charge in [-0.2, -0.15) is 0 Å². The van der Waals surface area contributed by atoms with Crippen LogP contribution in [-0.4, -0.2) is 36.5 Å². The highest BCUT2D eigenvalue weighted by atomic mass is 16.5. The van der Waals surface area contributed by atoms with Crippen LogP contribution in [0.3, 0.4) is 0 Å². The van der Waals surface area contributed by atoms with Crippen molar-refractivity contribution in [1.29, 1.82) is 0 Å². The number of methoxy groups -OCH3 is 1. The zero-order valence-corrected chi connectivity index (χ0v) is 14.4. The Morgan fingerprint density at radius 1 is 1.04 bits per heavy atom. The van der Waals surface area contributed by atoms with E-state index in [1.807, 2.05) is 18.2 Å². The molecule has 0 unspecified atom stereocenters. The first kappa shape index (κ1) is 17.0. The van der Waals surface area contributed by atoms with Crippen molar-refractivity contribution in [3.05, 3.63) is 65.2 Å². The molecule has 5 heteroatoms. The Balaban J connectivity index is 1.66. The second kappa shape index (κ2) is 7.38. The van der Waals surface area contributed by atoms with Gasteiger partial charge in [-0.15, -0.1) is 0 Å². The van der Waals surface area contributed by atoms with Gasteiger partial charge in [0, 0.05) is 13.1 Å². The molecule has 0 bridgehead atoms. The lowest BCUT2D eigenvalue weighted by Crippen LogP contribution is -2.42. The third-order valence-electron chi connectivity index (χ3n) is 4.40. The summed E-state index contributed by atoms with van der Waals surface area (Å²) < 4.78 is 10.5. The van der Waals surface area contributed by atoms with Crippen LogP contribution in [0.2, 0.25) is 0 Å². The Labute approximate surface area is 147 Å². The average Bonchev–Trinajstić information content (AvgIpc) is 2.66. The third-order valence-corrected chi connectivity index (χ3v) is 4.40. The van der Waals surface area contributed by atoms with Crippen LogP contribution in [0.25, 0.3) is 0 Å². The SMILES string of the molecule is COc1ccccc1C(=O)O[C@H](C)C(=O)N1CCc2ccccc2C1. The van der Waals surface area contributed by atoms with Crippen LogP contribution in [0.5, 0.6) is 5.75 Å². The summed E-state index contributed by atoms with van der Waals surface area (Å²) in [6.07, 6.45) is -0.0302. The van der Waals surface area contributed by atoms with Gasteiger partial charge in [-0.05, 0) is 36.6 Å². The summed E-state index contributed by atoms with van der Waals surface area (Å²) in [4.78, 5) is 26.7. The Morgan fingerprint density at radius 2 is 1.72 bits per heavy atom. The second-order valence-corrected chi connectivity index (χ2v) is 6.03. The third kappa shape index (κ3) is 3.65. The maximum atomic E-state index is 12.6. The van der Waals surface area contributed by atoms with Crippen LogP contribution in [0, 0.1) is 0 Å². The van der Waals surface area contributed by atoms with Crippen LogP contribution in [0.1, 0.15) is 28.4 Å². The van der Waals surface area contributed by atoms with E-state index in [2.05, 4.69) is 6.07 Å². The number of rotatable bonds is 4. The van der Waals surface area contributed by atoms with Crippen molar-refractivity contribution in [3.8, 4) is 5.75 Å². The van der Waals surface area contributed by atoms with Crippen molar-refractivity contribution >= 4 is 11.9 Å². The van der Waals surface area contributed by atoms with Crippen LogP contribution in [0.15, 0.2) is 48.5 Å². The van der Waals surface area contributed by atoms with Crippen LogP contribution in [-0.2, 0) is 22.5 Å². The van der Waals surface area contributed by atoms with Gasteiger partial charge in [0.1, 0.15) is 11.3 Å². The molecule has 0 spiro atoms. The number of nitrogens with zero attached hydrogens (tertiary/aromatic N) is 1. The number of ether oxygens (including phenoxy) is 2. The second-order valence-electron chi connectivity index (χ2n) is 6.03. The van der Waals surface area contributed by atoms with E-state index in [0.29, 0.717) is 24.4 Å². The van der Waals surface area contributed by atoms with E-state index in [1.54, 1.807) is 36.1 Å². The molecule has 1 heterocycles. The van der Waals surface area contributed by atoms with E-state index in [9.17, 15) is 9.59 Å². The van der Waals surface area contributed by atoms with Crippen molar-refractivity contribution in [3.63, 3.8) is 0 Å². The fraction of sp³-hybridized carbons (Fsp3) is 0.300. The first-order chi connectivity index (χ1) is 12.1. The maximum Gasteiger partial charge on any atom is 0.342 e. The molecule has 1 aliphatic heterocycles. The normalized spacial score (nSPS) is 14.4. The van der Waals surface area contributed by atoms with Gasteiger partial charge >= 0.3 is 5.97 Å². The fourth-order valence-electron chi connectivity index (χ4n) is 3.03. The van der Waals surface area contributed by atoms with Gasteiger partial charge in [-0.25, -0.2) is 4.79 Å². The molecule has 1 amide bonds. The topological polar surface area (TPSA) is 55.8 Å². The minimum atomic E-state index is -0.845. The molecule has 1 aliphatic rings. The fourth-order valence-corrected chi connectivity index (χ4v) is 3.03. The molecular weight excluding hydrogens is 318 g/mol. The number of carbonyl (C=O) groups excluding carboxylic acids is 2. The van der Waals surface area contributed by atoms with Gasteiger partial charge in [-0.3, -0.25) is 4.79 Å². The first-order valence-corrected chi connectivity index (χ1v) is 8.29. The summed E-state index contributed by atoms with van der Waals surface area (Å²) in [7, 11) is 1.49. The predicted molar refractivity (Wildman–Crippen MR) is 93.4 cm³/mol.